The Morgan fingerprint density at radius 2 is 1.76 bits per heavy atom. The molecular weight excluding hydrogens is 264 g/mol. The fourth-order valence-electron chi connectivity index (χ4n) is 3.67. The fourth-order valence-corrected chi connectivity index (χ4v) is 3.67. The second kappa shape index (κ2) is 5.62. The Morgan fingerprint density at radius 1 is 1.19 bits per heavy atom. The van der Waals surface area contributed by atoms with Gasteiger partial charge in [-0.1, -0.05) is 53.9 Å². The number of hydrogen-bond donors (Lipinski definition) is 1. The molecule has 1 atom stereocenters. The van der Waals surface area contributed by atoms with Crippen molar-refractivity contribution in [3.63, 3.8) is 0 Å². The monoisotopic (exact) mass is 294 g/mol. The van der Waals surface area contributed by atoms with Crippen LogP contribution >= 0.6 is 0 Å². The first-order chi connectivity index (χ1) is 9.68. The van der Waals surface area contributed by atoms with Gasteiger partial charge in [0.05, 0.1) is 0 Å². The van der Waals surface area contributed by atoms with Crippen molar-refractivity contribution in [3.8, 4) is 0 Å². The second-order valence-electron chi connectivity index (χ2n) is 8.21. The summed E-state index contributed by atoms with van der Waals surface area (Å²) in [6, 6.07) is -0.406. The molecule has 21 heavy (non-hydrogen) atoms. The molecule has 2 aliphatic rings. The molecule has 2 fully saturated rings. The van der Waals surface area contributed by atoms with Gasteiger partial charge in [0, 0.05) is 6.54 Å². The summed E-state index contributed by atoms with van der Waals surface area (Å²) in [6.07, 6.45) is 4.87. The van der Waals surface area contributed by atoms with Crippen molar-refractivity contribution >= 4 is 11.8 Å². The summed E-state index contributed by atoms with van der Waals surface area (Å²) >= 11 is 0. The molecule has 1 unspecified atom stereocenters. The summed E-state index contributed by atoms with van der Waals surface area (Å²) in [7, 11) is 0. The molecule has 2 amide bonds. The summed E-state index contributed by atoms with van der Waals surface area (Å²) < 4.78 is 0. The maximum atomic E-state index is 13.0. The van der Waals surface area contributed by atoms with E-state index in [1.165, 1.54) is 6.42 Å². The molecule has 1 aliphatic heterocycles. The lowest BCUT2D eigenvalue weighted by Crippen LogP contribution is -2.73. The molecule has 0 aromatic heterocycles. The summed E-state index contributed by atoms with van der Waals surface area (Å²) in [5, 5.41) is 3.04. The van der Waals surface area contributed by atoms with Gasteiger partial charge in [-0.2, -0.15) is 0 Å². The lowest BCUT2D eigenvalue weighted by molar-refractivity contribution is -0.164. The van der Waals surface area contributed by atoms with E-state index in [4.69, 9.17) is 0 Å². The van der Waals surface area contributed by atoms with E-state index in [1.807, 2.05) is 25.7 Å². The fraction of sp³-hybridized carbons (Fsp3) is 0.882. The normalized spacial score (nSPS) is 26.4. The highest BCUT2D eigenvalue weighted by Gasteiger charge is 2.54. The van der Waals surface area contributed by atoms with E-state index in [0.29, 0.717) is 12.5 Å². The molecular formula is C17H30N2O2. The van der Waals surface area contributed by atoms with Crippen LogP contribution in [0.1, 0.15) is 66.7 Å². The van der Waals surface area contributed by atoms with Crippen molar-refractivity contribution in [1.82, 2.24) is 10.2 Å². The third-order valence-electron chi connectivity index (χ3n) is 4.82. The van der Waals surface area contributed by atoms with Crippen LogP contribution in [0, 0.1) is 11.3 Å². The van der Waals surface area contributed by atoms with Gasteiger partial charge >= 0.3 is 0 Å². The van der Waals surface area contributed by atoms with Crippen molar-refractivity contribution in [3.05, 3.63) is 0 Å². The molecule has 0 aromatic rings. The molecule has 2 rings (SSSR count). The van der Waals surface area contributed by atoms with E-state index in [1.54, 1.807) is 0 Å². The second-order valence-corrected chi connectivity index (χ2v) is 8.21. The van der Waals surface area contributed by atoms with Crippen LogP contribution in [0.25, 0.3) is 0 Å². The third-order valence-corrected chi connectivity index (χ3v) is 4.82. The molecule has 1 spiro atoms. The molecule has 1 aliphatic carbocycles. The highest BCUT2D eigenvalue weighted by molar-refractivity contribution is 6.00. The smallest absolute Gasteiger partial charge is 0.246 e. The van der Waals surface area contributed by atoms with E-state index in [2.05, 4.69) is 19.2 Å². The van der Waals surface area contributed by atoms with Gasteiger partial charge < -0.3 is 10.2 Å². The molecule has 4 heteroatoms. The molecule has 120 valence electrons. The van der Waals surface area contributed by atoms with E-state index in [0.717, 1.165) is 25.7 Å². The minimum atomic E-state index is -0.582. The quantitative estimate of drug-likeness (QED) is 0.851. The van der Waals surface area contributed by atoms with Gasteiger partial charge in [0.2, 0.25) is 11.8 Å². The number of hydrogen-bond acceptors (Lipinski definition) is 2. The summed E-state index contributed by atoms with van der Waals surface area (Å²) in [5.74, 6) is 0.555. The van der Waals surface area contributed by atoms with Crippen molar-refractivity contribution < 1.29 is 9.59 Å². The van der Waals surface area contributed by atoms with Crippen molar-refractivity contribution in [2.45, 2.75) is 78.3 Å². The number of nitrogens with one attached hydrogen (secondary N) is 1. The SMILES string of the molecule is CC(C)CN1C(=O)C(C(C)(C)C)NC(=O)C12CCCCC2. The molecule has 0 bridgehead atoms. The van der Waals surface area contributed by atoms with Crippen LogP contribution in [0.4, 0.5) is 0 Å². The van der Waals surface area contributed by atoms with E-state index in [9.17, 15) is 9.59 Å². The summed E-state index contributed by atoms with van der Waals surface area (Å²) in [5.41, 5.74) is -0.834. The summed E-state index contributed by atoms with van der Waals surface area (Å²) in [6.45, 7) is 11.0. The minimum absolute atomic E-state index is 0.0716. The first-order valence-electron chi connectivity index (χ1n) is 8.31. The van der Waals surface area contributed by atoms with Crippen LogP contribution in [0.15, 0.2) is 0 Å². The maximum Gasteiger partial charge on any atom is 0.246 e. The number of carbonyl (C=O) groups excluding carboxylic acids is 2. The number of amides is 2. The van der Waals surface area contributed by atoms with Gasteiger partial charge in [-0.3, -0.25) is 9.59 Å². The van der Waals surface area contributed by atoms with Gasteiger partial charge in [-0.25, -0.2) is 0 Å². The van der Waals surface area contributed by atoms with Crippen LogP contribution in [0.2, 0.25) is 0 Å². The molecule has 1 heterocycles. The number of carbonyl (C=O) groups is 2. The molecule has 1 N–H and O–H groups in total. The lowest BCUT2D eigenvalue weighted by atomic mass is 9.74. The number of piperazine rings is 1. The zero-order valence-corrected chi connectivity index (χ0v) is 14.2. The Balaban J connectivity index is 2.37. The highest BCUT2D eigenvalue weighted by Crippen LogP contribution is 2.39. The van der Waals surface area contributed by atoms with Crippen molar-refractivity contribution in [1.29, 1.82) is 0 Å². The molecule has 4 nitrogen and oxygen atoms in total. The Bertz CT molecular complexity index is 417. The van der Waals surface area contributed by atoms with Gasteiger partial charge in [-0.05, 0) is 24.2 Å². The van der Waals surface area contributed by atoms with E-state index >= 15 is 0 Å². The topological polar surface area (TPSA) is 49.4 Å². The average molecular weight is 294 g/mol. The van der Waals surface area contributed by atoms with Gasteiger partial charge in [0.25, 0.3) is 0 Å². The highest BCUT2D eigenvalue weighted by atomic mass is 16.2. The maximum absolute atomic E-state index is 13.0. The van der Waals surface area contributed by atoms with Crippen LogP contribution in [0.5, 0.6) is 0 Å². The predicted octanol–water partition coefficient (Wildman–Crippen LogP) is 2.72. The van der Waals surface area contributed by atoms with Gasteiger partial charge in [0.1, 0.15) is 11.6 Å². The Labute approximate surface area is 128 Å². The largest absolute Gasteiger partial charge is 0.342 e. The Hall–Kier alpha value is -1.06. The van der Waals surface area contributed by atoms with Crippen molar-refractivity contribution in [2.24, 2.45) is 11.3 Å². The Morgan fingerprint density at radius 3 is 2.24 bits per heavy atom. The van der Waals surface area contributed by atoms with Crippen molar-refractivity contribution in [2.75, 3.05) is 6.54 Å². The van der Waals surface area contributed by atoms with Crippen LogP contribution in [-0.2, 0) is 9.59 Å². The van der Waals surface area contributed by atoms with E-state index in [-0.39, 0.29) is 17.2 Å². The first kappa shape index (κ1) is 16.3. The average Bonchev–Trinajstić information content (AvgIpc) is 2.39. The zero-order valence-electron chi connectivity index (χ0n) is 14.2. The first-order valence-corrected chi connectivity index (χ1v) is 8.31. The van der Waals surface area contributed by atoms with Crippen LogP contribution in [-0.4, -0.2) is 34.8 Å². The zero-order chi connectivity index (χ0) is 15.8. The molecule has 0 radical (unpaired) electrons. The number of rotatable bonds is 2. The molecule has 1 saturated carbocycles. The van der Waals surface area contributed by atoms with Crippen LogP contribution < -0.4 is 5.32 Å². The minimum Gasteiger partial charge on any atom is -0.342 e. The van der Waals surface area contributed by atoms with Gasteiger partial charge in [0.15, 0.2) is 0 Å². The Kier molecular flexibility index (Phi) is 4.36. The predicted molar refractivity (Wildman–Crippen MR) is 83.8 cm³/mol. The molecule has 1 saturated heterocycles. The third kappa shape index (κ3) is 2.95. The van der Waals surface area contributed by atoms with Crippen LogP contribution in [0.3, 0.4) is 0 Å². The molecule has 0 aromatic carbocycles. The number of nitrogens with zero attached hydrogens (tertiary/aromatic N) is 1. The van der Waals surface area contributed by atoms with E-state index < -0.39 is 11.6 Å². The lowest BCUT2D eigenvalue weighted by Gasteiger charge is -2.52. The standard InChI is InChI=1S/C17H30N2O2/c1-12(2)11-19-14(20)13(16(3,4)5)18-15(21)17(19)9-7-6-8-10-17/h12-13H,6-11H2,1-5H3,(H,18,21). The summed E-state index contributed by atoms with van der Waals surface area (Å²) in [4.78, 5) is 27.8. The van der Waals surface area contributed by atoms with Gasteiger partial charge in [-0.15, -0.1) is 0 Å².